The van der Waals surface area contributed by atoms with E-state index in [1.165, 1.54) is 17.4 Å². The number of carbonyl (C=O) groups excluding carboxylic acids is 1. The average Bonchev–Trinajstić information content (AvgIpc) is 2.98. The third-order valence-corrected chi connectivity index (χ3v) is 4.04. The average molecular weight is 342 g/mol. The van der Waals surface area contributed by atoms with E-state index >= 15 is 0 Å². The maximum absolute atomic E-state index is 11.7. The zero-order valence-corrected chi connectivity index (χ0v) is 13.3. The fourth-order valence-electron chi connectivity index (χ4n) is 1.64. The van der Waals surface area contributed by atoms with Gasteiger partial charge in [0.25, 0.3) is 0 Å². The topological polar surface area (TPSA) is 49.3 Å². The molecule has 0 aliphatic carbocycles. The molecule has 2 N–H and O–H groups in total. The molecule has 1 unspecified atom stereocenters. The van der Waals surface area contributed by atoms with Gasteiger partial charge in [-0.15, -0.1) is 0 Å². The van der Waals surface area contributed by atoms with Gasteiger partial charge in [0.15, 0.2) is 0 Å². The van der Waals surface area contributed by atoms with E-state index < -0.39 is 6.10 Å². The van der Waals surface area contributed by atoms with Crippen molar-refractivity contribution in [1.82, 2.24) is 5.32 Å². The normalized spacial score (nSPS) is 12.5. The first-order valence-corrected chi connectivity index (χ1v) is 7.87. The second-order valence-electron chi connectivity index (χ2n) is 4.32. The minimum atomic E-state index is -0.701. The van der Waals surface area contributed by atoms with E-state index in [-0.39, 0.29) is 12.5 Å². The molecule has 0 saturated heterocycles. The molecule has 1 atom stereocenters. The minimum absolute atomic E-state index is 0.161. The SMILES string of the molecule is O=C(/C=C/c1ccc(Cl)cc1Cl)NCC(O)c1ccsc1. The van der Waals surface area contributed by atoms with Crippen LogP contribution in [0.4, 0.5) is 0 Å². The Bertz CT molecular complexity index is 641. The van der Waals surface area contributed by atoms with Crippen molar-refractivity contribution in [2.45, 2.75) is 6.10 Å². The first kappa shape index (κ1) is 16.0. The molecule has 1 amide bonds. The number of hydrogen-bond acceptors (Lipinski definition) is 3. The molecule has 0 fully saturated rings. The van der Waals surface area contributed by atoms with Crippen LogP contribution in [0.1, 0.15) is 17.2 Å². The number of rotatable bonds is 5. The number of thiophene rings is 1. The van der Waals surface area contributed by atoms with Crippen molar-refractivity contribution in [1.29, 1.82) is 0 Å². The van der Waals surface area contributed by atoms with E-state index in [0.717, 1.165) is 5.56 Å². The smallest absolute Gasteiger partial charge is 0.244 e. The van der Waals surface area contributed by atoms with Gasteiger partial charge < -0.3 is 10.4 Å². The van der Waals surface area contributed by atoms with Gasteiger partial charge in [-0.2, -0.15) is 11.3 Å². The Kier molecular flexibility index (Phi) is 5.82. The molecule has 2 rings (SSSR count). The van der Waals surface area contributed by atoms with E-state index in [4.69, 9.17) is 23.2 Å². The Morgan fingerprint density at radius 2 is 2.19 bits per heavy atom. The summed E-state index contributed by atoms with van der Waals surface area (Å²) < 4.78 is 0. The lowest BCUT2D eigenvalue weighted by Gasteiger charge is -2.08. The molecule has 0 spiro atoms. The van der Waals surface area contributed by atoms with Gasteiger partial charge in [-0.1, -0.05) is 29.3 Å². The molecule has 3 nitrogen and oxygen atoms in total. The van der Waals surface area contributed by atoms with Crippen LogP contribution >= 0.6 is 34.5 Å². The maximum atomic E-state index is 11.7. The predicted molar refractivity (Wildman–Crippen MR) is 87.8 cm³/mol. The molecule has 110 valence electrons. The highest BCUT2D eigenvalue weighted by atomic mass is 35.5. The van der Waals surface area contributed by atoms with Crippen LogP contribution in [0.5, 0.6) is 0 Å². The van der Waals surface area contributed by atoms with Crippen LogP contribution in [0.25, 0.3) is 6.08 Å². The summed E-state index contributed by atoms with van der Waals surface area (Å²) in [6.07, 6.45) is 2.27. The summed E-state index contributed by atoms with van der Waals surface area (Å²) in [7, 11) is 0. The summed E-state index contributed by atoms with van der Waals surface area (Å²) in [4.78, 5) is 11.7. The zero-order chi connectivity index (χ0) is 15.2. The van der Waals surface area contributed by atoms with Crippen molar-refractivity contribution in [2.75, 3.05) is 6.54 Å². The van der Waals surface area contributed by atoms with Crippen molar-refractivity contribution in [2.24, 2.45) is 0 Å². The summed E-state index contributed by atoms with van der Waals surface area (Å²) in [5, 5.41) is 17.2. The van der Waals surface area contributed by atoms with Crippen molar-refractivity contribution in [3.05, 3.63) is 62.3 Å². The molecule has 0 saturated carbocycles. The summed E-state index contributed by atoms with van der Waals surface area (Å²) >= 11 is 13.3. The molecule has 1 aromatic heterocycles. The van der Waals surface area contributed by atoms with Gasteiger partial charge >= 0.3 is 0 Å². The molecule has 0 bridgehead atoms. The number of halogens is 2. The number of aliphatic hydroxyl groups excluding tert-OH is 1. The van der Waals surface area contributed by atoms with Crippen LogP contribution in [0.3, 0.4) is 0 Å². The lowest BCUT2D eigenvalue weighted by atomic mass is 10.2. The number of carbonyl (C=O) groups is 1. The van der Waals surface area contributed by atoms with E-state index in [0.29, 0.717) is 15.6 Å². The Hall–Kier alpha value is -1.33. The fraction of sp³-hybridized carbons (Fsp3) is 0.133. The molecule has 0 aliphatic heterocycles. The third kappa shape index (κ3) is 4.86. The number of aliphatic hydroxyl groups is 1. The van der Waals surface area contributed by atoms with Crippen molar-refractivity contribution < 1.29 is 9.90 Å². The van der Waals surface area contributed by atoms with Gasteiger partial charge in [0.05, 0.1) is 6.10 Å². The zero-order valence-electron chi connectivity index (χ0n) is 10.9. The number of amides is 1. The summed E-state index contributed by atoms with van der Waals surface area (Å²) in [5.41, 5.74) is 1.50. The van der Waals surface area contributed by atoms with Gasteiger partial charge in [-0.25, -0.2) is 0 Å². The predicted octanol–water partition coefficient (Wildman–Crippen LogP) is 3.92. The lowest BCUT2D eigenvalue weighted by Crippen LogP contribution is -2.26. The molecule has 1 aromatic carbocycles. The first-order valence-electron chi connectivity index (χ1n) is 6.17. The highest BCUT2D eigenvalue weighted by Crippen LogP contribution is 2.22. The van der Waals surface area contributed by atoms with Crippen LogP contribution in [0.2, 0.25) is 10.0 Å². The second-order valence-corrected chi connectivity index (χ2v) is 5.94. The second kappa shape index (κ2) is 7.61. The van der Waals surface area contributed by atoms with Crippen molar-refractivity contribution >= 4 is 46.5 Å². The number of benzene rings is 1. The van der Waals surface area contributed by atoms with E-state index in [1.54, 1.807) is 24.3 Å². The number of nitrogens with one attached hydrogen (secondary N) is 1. The van der Waals surface area contributed by atoms with Crippen LogP contribution in [-0.4, -0.2) is 17.6 Å². The molecule has 1 heterocycles. The Labute approximate surface area is 136 Å². The van der Waals surface area contributed by atoms with Gasteiger partial charge in [0.2, 0.25) is 5.91 Å². The van der Waals surface area contributed by atoms with Crippen molar-refractivity contribution in [3.8, 4) is 0 Å². The van der Waals surface area contributed by atoms with Crippen LogP contribution in [0, 0.1) is 0 Å². The first-order chi connectivity index (χ1) is 10.1. The maximum Gasteiger partial charge on any atom is 0.244 e. The molecule has 0 aliphatic rings. The van der Waals surface area contributed by atoms with Crippen LogP contribution in [-0.2, 0) is 4.79 Å². The molecular weight excluding hydrogens is 329 g/mol. The number of hydrogen-bond donors (Lipinski definition) is 2. The Morgan fingerprint density at radius 1 is 1.38 bits per heavy atom. The van der Waals surface area contributed by atoms with Crippen LogP contribution < -0.4 is 5.32 Å². The van der Waals surface area contributed by atoms with Gasteiger partial charge in [-0.05, 0) is 46.2 Å². The van der Waals surface area contributed by atoms with E-state index in [9.17, 15) is 9.90 Å². The summed E-state index contributed by atoms with van der Waals surface area (Å²) in [6, 6.07) is 6.87. The van der Waals surface area contributed by atoms with E-state index in [2.05, 4.69) is 5.32 Å². The fourth-order valence-corrected chi connectivity index (χ4v) is 2.82. The largest absolute Gasteiger partial charge is 0.387 e. The Balaban J connectivity index is 1.88. The molecule has 6 heteroatoms. The molecule has 2 aromatic rings. The Morgan fingerprint density at radius 3 is 2.86 bits per heavy atom. The third-order valence-electron chi connectivity index (χ3n) is 2.77. The summed E-state index contributed by atoms with van der Waals surface area (Å²) in [5.74, 6) is -0.296. The van der Waals surface area contributed by atoms with Gasteiger partial charge in [0, 0.05) is 22.7 Å². The molecular formula is C15H13Cl2NO2S. The summed E-state index contributed by atoms with van der Waals surface area (Å²) in [6.45, 7) is 0.161. The molecule has 21 heavy (non-hydrogen) atoms. The standard InChI is InChI=1S/C15H13Cl2NO2S/c16-12-3-1-10(13(17)7-12)2-4-15(20)18-8-14(19)11-5-6-21-9-11/h1-7,9,14,19H,8H2,(H,18,20)/b4-2+. The van der Waals surface area contributed by atoms with E-state index in [1.807, 2.05) is 16.8 Å². The minimum Gasteiger partial charge on any atom is -0.387 e. The highest BCUT2D eigenvalue weighted by Gasteiger charge is 2.08. The highest BCUT2D eigenvalue weighted by molar-refractivity contribution is 7.07. The van der Waals surface area contributed by atoms with Gasteiger partial charge in [-0.3, -0.25) is 4.79 Å². The quantitative estimate of drug-likeness (QED) is 0.809. The van der Waals surface area contributed by atoms with Gasteiger partial charge in [0.1, 0.15) is 0 Å². The van der Waals surface area contributed by atoms with Crippen LogP contribution in [0.15, 0.2) is 41.1 Å². The lowest BCUT2D eigenvalue weighted by molar-refractivity contribution is -0.116. The van der Waals surface area contributed by atoms with Crippen molar-refractivity contribution in [3.63, 3.8) is 0 Å². The molecule has 0 radical (unpaired) electrons. The monoisotopic (exact) mass is 341 g/mol.